The Labute approximate surface area is 197 Å². The summed E-state index contributed by atoms with van der Waals surface area (Å²) in [4.78, 5) is 11.7. The molecule has 2 aromatic heterocycles. The second-order valence-electron chi connectivity index (χ2n) is 7.77. The Bertz CT molecular complexity index is 794. The topological polar surface area (TPSA) is 83.3 Å². The molecule has 0 spiro atoms. The third-order valence-electron chi connectivity index (χ3n) is 5.44. The minimum atomic E-state index is 0. The van der Waals surface area contributed by atoms with E-state index in [1.165, 1.54) is 5.56 Å². The summed E-state index contributed by atoms with van der Waals surface area (Å²) in [6.07, 6.45) is 6.35. The van der Waals surface area contributed by atoms with Gasteiger partial charge in [-0.3, -0.25) is 0 Å². The van der Waals surface area contributed by atoms with Crippen LogP contribution < -0.4 is 15.5 Å². The van der Waals surface area contributed by atoms with Crippen LogP contribution in [0.5, 0.6) is 0 Å². The molecule has 0 aromatic carbocycles. The number of hydrogen-bond acceptors (Lipinski definition) is 5. The quantitative estimate of drug-likeness (QED) is 0.250. The van der Waals surface area contributed by atoms with Crippen LogP contribution in [0, 0.1) is 13.8 Å². The zero-order valence-electron chi connectivity index (χ0n) is 18.6. The third kappa shape index (κ3) is 6.82. The number of guanidine groups is 1. The molecule has 2 N–H and O–H groups in total. The van der Waals surface area contributed by atoms with Gasteiger partial charge in [0.1, 0.15) is 18.2 Å². The second kappa shape index (κ2) is 12.1. The van der Waals surface area contributed by atoms with Crippen LogP contribution in [0.4, 0.5) is 5.82 Å². The van der Waals surface area contributed by atoms with Gasteiger partial charge in [0.15, 0.2) is 11.8 Å². The monoisotopic (exact) mass is 526 g/mol. The van der Waals surface area contributed by atoms with Crippen molar-refractivity contribution in [3.63, 3.8) is 0 Å². The van der Waals surface area contributed by atoms with Gasteiger partial charge in [0.05, 0.1) is 0 Å². The van der Waals surface area contributed by atoms with Crippen molar-refractivity contribution >= 4 is 35.8 Å². The normalized spacial score (nSPS) is 15.1. The maximum Gasteiger partial charge on any atom is 0.191 e. The Hall–Kier alpha value is -1.91. The molecule has 1 aliphatic heterocycles. The summed E-state index contributed by atoms with van der Waals surface area (Å²) in [5.74, 6) is 3.72. The first-order valence-electron chi connectivity index (χ1n) is 10.6. The number of halogens is 1. The summed E-state index contributed by atoms with van der Waals surface area (Å²) in [5.41, 5.74) is 1.20. The Morgan fingerprint density at radius 2 is 1.97 bits per heavy atom. The van der Waals surface area contributed by atoms with Gasteiger partial charge in [-0.25, -0.2) is 9.98 Å². The fourth-order valence-electron chi connectivity index (χ4n) is 3.37. The number of nitrogens with one attached hydrogen (secondary N) is 2. The fraction of sp³-hybridized carbons (Fsp3) is 0.619. The molecule has 0 amide bonds. The van der Waals surface area contributed by atoms with E-state index in [1.54, 1.807) is 0 Å². The lowest BCUT2D eigenvalue weighted by atomic mass is 10.1. The van der Waals surface area contributed by atoms with Gasteiger partial charge in [0.2, 0.25) is 0 Å². The van der Waals surface area contributed by atoms with Gasteiger partial charge in [-0.05, 0) is 44.7 Å². The van der Waals surface area contributed by atoms with Gasteiger partial charge < -0.3 is 20.1 Å². The van der Waals surface area contributed by atoms with Crippen LogP contribution in [-0.4, -0.2) is 51.4 Å². The number of aromatic nitrogens is 4. The number of hydrogen-bond donors (Lipinski definition) is 2. The van der Waals surface area contributed by atoms with Crippen molar-refractivity contribution < 1.29 is 0 Å². The molecule has 3 heterocycles. The molecule has 2 aromatic rings. The summed E-state index contributed by atoms with van der Waals surface area (Å²) in [6, 6.07) is 4.65. The first-order chi connectivity index (χ1) is 14.1. The Morgan fingerprint density at radius 3 is 2.57 bits per heavy atom. The predicted molar refractivity (Wildman–Crippen MR) is 133 cm³/mol. The highest BCUT2D eigenvalue weighted by Crippen LogP contribution is 2.18. The average Bonchev–Trinajstić information content (AvgIpc) is 3.05. The minimum Gasteiger partial charge on any atom is -0.356 e. The van der Waals surface area contributed by atoms with E-state index in [1.807, 2.05) is 24.7 Å². The van der Waals surface area contributed by atoms with Crippen LogP contribution >= 0.6 is 24.0 Å². The lowest BCUT2D eigenvalue weighted by molar-refractivity contribution is 0.458. The standard InChI is InChI=1S/C21H34N8.HI/c1-5-6-11-22-21(24-15-20-27-26-17(3)28(20)4)25-18-9-12-29(13-10-18)19-8-7-16(2)14-23-19;/h7-8,14,18H,5-6,9-13,15H2,1-4H3,(H2,22,24,25);1H. The van der Waals surface area contributed by atoms with Gasteiger partial charge in [0, 0.05) is 38.9 Å². The van der Waals surface area contributed by atoms with Gasteiger partial charge in [-0.1, -0.05) is 19.4 Å². The van der Waals surface area contributed by atoms with Crippen molar-refractivity contribution in [1.29, 1.82) is 0 Å². The highest BCUT2D eigenvalue weighted by atomic mass is 127. The smallest absolute Gasteiger partial charge is 0.191 e. The van der Waals surface area contributed by atoms with Crippen LogP contribution in [-0.2, 0) is 13.6 Å². The molecule has 0 radical (unpaired) electrons. The van der Waals surface area contributed by atoms with Gasteiger partial charge in [-0.15, -0.1) is 34.2 Å². The maximum atomic E-state index is 4.77. The van der Waals surface area contributed by atoms with E-state index < -0.39 is 0 Å². The molecule has 166 valence electrons. The van der Waals surface area contributed by atoms with Crippen molar-refractivity contribution in [2.24, 2.45) is 12.0 Å². The second-order valence-corrected chi connectivity index (χ2v) is 7.77. The number of rotatable bonds is 7. The van der Waals surface area contributed by atoms with Gasteiger partial charge in [-0.2, -0.15) is 0 Å². The lowest BCUT2D eigenvalue weighted by Gasteiger charge is -2.34. The van der Waals surface area contributed by atoms with Crippen LogP contribution in [0.1, 0.15) is 49.8 Å². The molecule has 3 rings (SSSR count). The largest absolute Gasteiger partial charge is 0.356 e. The van der Waals surface area contributed by atoms with E-state index in [2.05, 4.69) is 56.7 Å². The van der Waals surface area contributed by atoms with Crippen molar-refractivity contribution in [2.45, 2.75) is 59.0 Å². The molecule has 0 unspecified atom stereocenters. The molecule has 9 heteroatoms. The highest BCUT2D eigenvalue weighted by molar-refractivity contribution is 14.0. The first-order valence-corrected chi connectivity index (χ1v) is 10.6. The number of pyridine rings is 1. The van der Waals surface area contributed by atoms with Gasteiger partial charge in [0.25, 0.3) is 0 Å². The van der Waals surface area contributed by atoms with Crippen molar-refractivity contribution in [3.05, 3.63) is 35.5 Å². The summed E-state index contributed by atoms with van der Waals surface area (Å²) < 4.78 is 1.99. The molecular weight excluding hydrogens is 491 g/mol. The first kappa shape index (κ1) is 24.4. The molecule has 1 saturated heterocycles. The van der Waals surface area contributed by atoms with Crippen molar-refractivity contribution in [2.75, 3.05) is 24.5 Å². The molecule has 30 heavy (non-hydrogen) atoms. The SMILES string of the molecule is CCCCNC(=NCc1nnc(C)n1C)NC1CCN(c2ccc(C)cn2)CC1.I. The highest BCUT2D eigenvalue weighted by Gasteiger charge is 2.21. The molecule has 0 bridgehead atoms. The Morgan fingerprint density at radius 1 is 1.20 bits per heavy atom. The average molecular weight is 526 g/mol. The maximum absolute atomic E-state index is 4.77. The predicted octanol–water partition coefficient (Wildman–Crippen LogP) is 2.95. The van der Waals surface area contributed by atoms with E-state index in [0.717, 1.165) is 68.7 Å². The molecule has 0 saturated carbocycles. The summed E-state index contributed by atoms with van der Waals surface area (Å²) >= 11 is 0. The lowest BCUT2D eigenvalue weighted by Crippen LogP contribution is -2.49. The number of anilines is 1. The summed E-state index contributed by atoms with van der Waals surface area (Å²) in [5, 5.41) is 15.4. The van der Waals surface area contributed by atoms with Crippen LogP contribution in [0.2, 0.25) is 0 Å². The van der Waals surface area contributed by atoms with E-state index in [4.69, 9.17) is 4.99 Å². The number of aliphatic imine (C=N–C) groups is 1. The Balaban J connectivity index is 0.00000320. The summed E-state index contributed by atoms with van der Waals surface area (Å²) in [7, 11) is 1.98. The third-order valence-corrected chi connectivity index (χ3v) is 5.44. The van der Waals surface area contributed by atoms with Gasteiger partial charge >= 0.3 is 0 Å². The van der Waals surface area contributed by atoms with Crippen molar-refractivity contribution in [3.8, 4) is 0 Å². The molecule has 8 nitrogen and oxygen atoms in total. The number of nitrogens with zero attached hydrogens (tertiary/aromatic N) is 6. The number of unbranched alkanes of at least 4 members (excludes halogenated alkanes) is 1. The molecule has 1 fully saturated rings. The molecular formula is C21H35IN8. The van der Waals surface area contributed by atoms with E-state index in [-0.39, 0.29) is 24.0 Å². The molecule has 0 atom stereocenters. The van der Waals surface area contributed by atoms with Crippen LogP contribution in [0.25, 0.3) is 0 Å². The Kier molecular flexibility index (Phi) is 9.80. The zero-order chi connectivity index (χ0) is 20.6. The summed E-state index contributed by atoms with van der Waals surface area (Å²) in [6.45, 7) is 9.66. The van der Waals surface area contributed by atoms with E-state index in [9.17, 15) is 0 Å². The van der Waals surface area contributed by atoms with Crippen molar-refractivity contribution in [1.82, 2.24) is 30.4 Å². The zero-order valence-corrected chi connectivity index (χ0v) is 20.9. The fourth-order valence-corrected chi connectivity index (χ4v) is 3.37. The number of aryl methyl sites for hydroxylation is 2. The minimum absolute atomic E-state index is 0. The van der Waals surface area contributed by atoms with E-state index >= 15 is 0 Å². The number of piperidine rings is 1. The van der Waals surface area contributed by atoms with Crippen LogP contribution in [0.15, 0.2) is 23.3 Å². The van der Waals surface area contributed by atoms with E-state index in [0.29, 0.717) is 12.6 Å². The molecule has 0 aliphatic carbocycles. The molecule has 1 aliphatic rings. The van der Waals surface area contributed by atoms with Crippen LogP contribution in [0.3, 0.4) is 0 Å².